The van der Waals surface area contributed by atoms with Crippen LogP contribution in [0.5, 0.6) is 0 Å². The summed E-state index contributed by atoms with van der Waals surface area (Å²) in [6.45, 7) is 0. The van der Waals surface area contributed by atoms with Crippen LogP contribution >= 0.6 is 0 Å². The summed E-state index contributed by atoms with van der Waals surface area (Å²) in [5.74, 6) is -0.916. The van der Waals surface area contributed by atoms with Crippen LogP contribution in [0.25, 0.3) is 0 Å². The maximum Gasteiger partial charge on any atom is 0.176 e. The number of hydrogen-bond acceptors (Lipinski definition) is 4. The van der Waals surface area contributed by atoms with Crippen molar-refractivity contribution in [3.8, 4) is 0 Å². The zero-order valence-electron chi connectivity index (χ0n) is 8.19. The Morgan fingerprint density at radius 1 is 1.38 bits per heavy atom. The molecule has 0 aliphatic rings. The van der Waals surface area contributed by atoms with Gasteiger partial charge in [-0.1, -0.05) is 11.3 Å². The van der Waals surface area contributed by atoms with Crippen LogP contribution in [-0.2, 0) is 6.42 Å². The van der Waals surface area contributed by atoms with Gasteiger partial charge < -0.3 is 5.73 Å². The van der Waals surface area contributed by atoms with E-state index in [1.54, 1.807) is 0 Å². The Labute approximate surface area is 89.7 Å². The molecule has 0 aliphatic heterocycles. The zero-order valence-corrected chi connectivity index (χ0v) is 8.19. The van der Waals surface area contributed by atoms with E-state index in [-0.39, 0.29) is 12.0 Å². The molecular formula is C9H9F2N5. The van der Waals surface area contributed by atoms with Crippen LogP contribution < -0.4 is 5.73 Å². The van der Waals surface area contributed by atoms with Crippen molar-refractivity contribution in [2.24, 2.45) is 5.73 Å². The van der Waals surface area contributed by atoms with Gasteiger partial charge in [-0.25, -0.2) is 8.78 Å². The minimum atomic E-state index is -0.670. The van der Waals surface area contributed by atoms with Crippen LogP contribution in [0.4, 0.5) is 8.78 Å². The van der Waals surface area contributed by atoms with Gasteiger partial charge in [0, 0.05) is 24.1 Å². The number of hydrogen-bond donors (Lipinski definition) is 2. The molecule has 0 spiro atoms. The molecule has 2 aromatic rings. The second-order valence-electron chi connectivity index (χ2n) is 3.30. The second-order valence-corrected chi connectivity index (χ2v) is 3.30. The minimum Gasteiger partial charge on any atom is -0.323 e. The van der Waals surface area contributed by atoms with Crippen molar-refractivity contribution in [1.29, 1.82) is 0 Å². The third-order valence-corrected chi connectivity index (χ3v) is 2.15. The predicted molar refractivity (Wildman–Crippen MR) is 51.2 cm³/mol. The first-order valence-electron chi connectivity index (χ1n) is 4.59. The van der Waals surface area contributed by atoms with Crippen molar-refractivity contribution >= 4 is 0 Å². The van der Waals surface area contributed by atoms with Crippen LogP contribution in [0.1, 0.15) is 17.4 Å². The lowest BCUT2D eigenvalue weighted by Gasteiger charge is -2.10. The second kappa shape index (κ2) is 4.31. The van der Waals surface area contributed by atoms with E-state index in [0.29, 0.717) is 5.82 Å². The Bertz CT molecular complexity index is 471. The molecule has 5 nitrogen and oxygen atoms in total. The maximum atomic E-state index is 13.3. The molecule has 0 bridgehead atoms. The highest BCUT2D eigenvalue weighted by Crippen LogP contribution is 2.18. The lowest BCUT2D eigenvalue weighted by molar-refractivity contribution is 0.551. The molecule has 0 radical (unpaired) electrons. The van der Waals surface area contributed by atoms with Gasteiger partial charge >= 0.3 is 0 Å². The number of nitrogens with one attached hydrogen (secondary N) is 1. The van der Waals surface area contributed by atoms with Gasteiger partial charge in [-0.3, -0.25) is 0 Å². The SMILES string of the molecule is NC(Cc1nn[nH]n1)c1ccc(F)cc1F. The molecule has 0 fully saturated rings. The third-order valence-electron chi connectivity index (χ3n) is 2.15. The van der Waals surface area contributed by atoms with Crippen molar-refractivity contribution in [1.82, 2.24) is 20.6 Å². The third kappa shape index (κ3) is 2.19. The number of H-pyrrole nitrogens is 1. The fourth-order valence-corrected chi connectivity index (χ4v) is 1.38. The average Bonchev–Trinajstić information content (AvgIpc) is 2.70. The number of aromatic amines is 1. The molecule has 0 aliphatic carbocycles. The fourth-order valence-electron chi connectivity index (χ4n) is 1.38. The van der Waals surface area contributed by atoms with Gasteiger partial charge in [-0.15, -0.1) is 10.2 Å². The number of nitrogens with two attached hydrogens (primary N) is 1. The van der Waals surface area contributed by atoms with Gasteiger partial charge in [0.1, 0.15) is 11.6 Å². The topological polar surface area (TPSA) is 80.5 Å². The van der Waals surface area contributed by atoms with Gasteiger partial charge in [0.05, 0.1) is 0 Å². The van der Waals surface area contributed by atoms with Gasteiger partial charge in [0.2, 0.25) is 0 Å². The van der Waals surface area contributed by atoms with Gasteiger partial charge in [-0.2, -0.15) is 5.21 Å². The predicted octanol–water partition coefficient (Wildman–Crippen LogP) is 0.720. The van der Waals surface area contributed by atoms with Crippen molar-refractivity contribution in [2.45, 2.75) is 12.5 Å². The van der Waals surface area contributed by atoms with Crippen molar-refractivity contribution in [3.05, 3.63) is 41.2 Å². The Kier molecular flexibility index (Phi) is 2.86. The molecule has 1 aromatic heterocycles. The largest absolute Gasteiger partial charge is 0.323 e. The normalized spacial score (nSPS) is 12.7. The van der Waals surface area contributed by atoms with Gasteiger partial charge in [-0.05, 0) is 6.07 Å². The molecule has 7 heteroatoms. The summed E-state index contributed by atoms with van der Waals surface area (Å²) in [6.07, 6.45) is 0.235. The quantitative estimate of drug-likeness (QED) is 0.806. The molecule has 84 valence electrons. The zero-order chi connectivity index (χ0) is 11.5. The van der Waals surface area contributed by atoms with Crippen molar-refractivity contribution in [3.63, 3.8) is 0 Å². The minimum absolute atomic E-state index is 0.228. The number of aromatic nitrogens is 4. The summed E-state index contributed by atoms with van der Waals surface area (Å²) in [7, 11) is 0. The van der Waals surface area contributed by atoms with E-state index in [0.717, 1.165) is 12.1 Å². The maximum absolute atomic E-state index is 13.3. The molecular weight excluding hydrogens is 216 g/mol. The highest BCUT2D eigenvalue weighted by atomic mass is 19.1. The van der Waals surface area contributed by atoms with Crippen LogP contribution in [0, 0.1) is 11.6 Å². The molecule has 1 atom stereocenters. The van der Waals surface area contributed by atoms with Crippen LogP contribution in [0.2, 0.25) is 0 Å². The standard InChI is InChI=1S/C9H9F2N5/c10-5-1-2-6(7(11)3-5)8(12)4-9-13-15-16-14-9/h1-3,8H,4,12H2,(H,13,14,15,16). The lowest BCUT2D eigenvalue weighted by Crippen LogP contribution is -2.16. The molecule has 2 rings (SSSR count). The summed E-state index contributed by atoms with van der Waals surface area (Å²) in [5.41, 5.74) is 5.98. The average molecular weight is 225 g/mol. The first kappa shape index (κ1) is 10.6. The Morgan fingerprint density at radius 2 is 2.19 bits per heavy atom. The molecule has 16 heavy (non-hydrogen) atoms. The van der Waals surface area contributed by atoms with Crippen LogP contribution in [0.3, 0.4) is 0 Å². The number of nitrogens with zero attached hydrogens (tertiary/aromatic N) is 3. The van der Waals surface area contributed by atoms with E-state index in [1.165, 1.54) is 6.07 Å². The molecule has 0 amide bonds. The number of rotatable bonds is 3. The van der Waals surface area contributed by atoms with E-state index < -0.39 is 17.7 Å². The summed E-state index contributed by atoms with van der Waals surface area (Å²) in [6, 6.07) is 2.65. The molecule has 1 heterocycles. The smallest absolute Gasteiger partial charge is 0.176 e. The van der Waals surface area contributed by atoms with Gasteiger partial charge in [0.25, 0.3) is 0 Å². The number of benzene rings is 1. The molecule has 1 unspecified atom stereocenters. The number of halogens is 2. The Hall–Kier alpha value is -1.89. The molecule has 1 aromatic carbocycles. The molecule has 0 saturated carbocycles. The van der Waals surface area contributed by atoms with E-state index >= 15 is 0 Å². The first-order chi connectivity index (χ1) is 7.66. The Morgan fingerprint density at radius 3 is 2.81 bits per heavy atom. The van der Waals surface area contributed by atoms with Crippen LogP contribution in [-0.4, -0.2) is 20.6 Å². The van der Waals surface area contributed by atoms with Crippen LogP contribution in [0.15, 0.2) is 18.2 Å². The van der Waals surface area contributed by atoms with E-state index in [1.807, 2.05) is 0 Å². The summed E-state index contributed by atoms with van der Waals surface area (Å²) in [5, 5.41) is 13.0. The molecule has 0 saturated heterocycles. The fraction of sp³-hybridized carbons (Fsp3) is 0.222. The highest BCUT2D eigenvalue weighted by molar-refractivity contribution is 5.22. The first-order valence-corrected chi connectivity index (χ1v) is 4.59. The summed E-state index contributed by atoms with van der Waals surface area (Å²) >= 11 is 0. The highest BCUT2D eigenvalue weighted by Gasteiger charge is 2.14. The van der Waals surface area contributed by atoms with E-state index in [4.69, 9.17) is 5.73 Å². The lowest BCUT2D eigenvalue weighted by atomic mass is 10.0. The Balaban J connectivity index is 2.17. The molecule has 3 N–H and O–H groups in total. The van der Waals surface area contributed by atoms with Crippen molar-refractivity contribution in [2.75, 3.05) is 0 Å². The summed E-state index contributed by atoms with van der Waals surface area (Å²) < 4.78 is 26.0. The summed E-state index contributed by atoms with van der Waals surface area (Å²) in [4.78, 5) is 0. The monoisotopic (exact) mass is 225 g/mol. The van der Waals surface area contributed by atoms with E-state index in [9.17, 15) is 8.78 Å². The number of tetrazole rings is 1. The van der Waals surface area contributed by atoms with Gasteiger partial charge in [0.15, 0.2) is 5.82 Å². The van der Waals surface area contributed by atoms with Crippen molar-refractivity contribution < 1.29 is 8.78 Å². The van der Waals surface area contributed by atoms with E-state index in [2.05, 4.69) is 20.6 Å².